The molecular formula is C13H21NO2. The summed E-state index contributed by atoms with van der Waals surface area (Å²) in [5.74, 6) is 0. The third kappa shape index (κ3) is 4.31. The van der Waals surface area contributed by atoms with Crippen molar-refractivity contribution in [2.75, 3.05) is 26.4 Å². The highest BCUT2D eigenvalue weighted by atomic mass is 16.5. The highest BCUT2D eigenvalue weighted by Gasteiger charge is 2.05. The molecule has 0 aliphatic heterocycles. The molecule has 0 amide bonds. The lowest BCUT2D eigenvalue weighted by Gasteiger charge is -2.16. The quantitative estimate of drug-likeness (QED) is 0.691. The number of hydrogen-bond acceptors (Lipinski definition) is 3. The van der Waals surface area contributed by atoms with Gasteiger partial charge in [0.2, 0.25) is 0 Å². The fraction of sp³-hybridized carbons (Fsp3) is 0.538. The van der Waals surface area contributed by atoms with E-state index in [1.54, 1.807) is 0 Å². The van der Waals surface area contributed by atoms with Crippen molar-refractivity contribution in [1.82, 2.24) is 5.32 Å². The van der Waals surface area contributed by atoms with Gasteiger partial charge in [-0.05, 0) is 25.0 Å². The third-order valence-corrected chi connectivity index (χ3v) is 2.59. The van der Waals surface area contributed by atoms with Crippen LogP contribution >= 0.6 is 0 Å². The zero-order valence-electron chi connectivity index (χ0n) is 10.1. The SMILES string of the molecule is Cc1ccccc1[C@@H](C)NCCOCCO. The summed E-state index contributed by atoms with van der Waals surface area (Å²) in [5.41, 5.74) is 2.63. The number of aliphatic hydroxyl groups is 1. The Bertz CT molecular complexity index is 302. The van der Waals surface area contributed by atoms with Gasteiger partial charge in [0.15, 0.2) is 0 Å². The summed E-state index contributed by atoms with van der Waals surface area (Å²) in [6.07, 6.45) is 0. The zero-order chi connectivity index (χ0) is 11.8. The van der Waals surface area contributed by atoms with Crippen LogP contribution < -0.4 is 5.32 Å². The second-order valence-electron chi connectivity index (χ2n) is 3.87. The molecule has 0 heterocycles. The van der Waals surface area contributed by atoms with Gasteiger partial charge in [0, 0.05) is 12.6 Å². The molecule has 0 bridgehead atoms. The average Bonchev–Trinajstić information content (AvgIpc) is 2.29. The van der Waals surface area contributed by atoms with Crippen LogP contribution in [-0.2, 0) is 4.74 Å². The monoisotopic (exact) mass is 223 g/mol. The predicted molar refractivity (Wildman–Crippen MR) is 65.5 cm³/mol. The van der Waals surface area contributed by atoms with Crippen molar-refractivity contribution < 1.29 is 9.84 Å². The molecule has 1 rings (SSSR count). The number of ether oxygens (including phenoxy) is 1. The molecule has 0 spiro atoms. The number of aliphatic hydroxyl groups excluding tert-OH is 1. The summed E-state index contributed by atoms with van der Waals surface area (Å²) in [7, 11) is 0. The predicted octanol–water partition coefficient (Wildman–Crippen LogP) is 1.65. The highest BCUT2D eigenvalue weighted by Crippen LogP contribution is 2.15. The molecule has 1 aromatic rings. The van der Waals surface area contributed by atoms with Gasteiger partial charge in [0.25, 0.3) is 0 Å². The minimum atomic E-state index is 0.0906. The summed E-state index contributed by atoms with van der Waals surface area (Å²) >= 11 is 0. The third-order valence-electron chi connectivity index (χ3n) is 2.59. The van der Waals surface area contributed by atoms with Gasteiger partial charge < -0.3 is 15.2 Å². The minimum Gasteiger partial charge on any atom is -0.394 e. The van der Waals surface area contributed by atoms with Crippen LogP contribution in [0.4, 0.5) is 0 Å². The minimum absolute atomic E-state index is 0.0906. The molecule has 90 valence electrons. The molecule has 0 unspecified atom stereocenters. The Kier molecular flexibility index (Phi) is 6.08. The summed E-state index contributed by atoms with van der Waals surface area (Å²) in [6, 6.07) is 8.70. The largest absolute Gasteiger partial charge is 0.394 e. The number of benzene rings is 1. The Morgan fingerprint density at radius 2 is 2.06 bits per heavy atom. The summed E-state index contributed by atoms with van der Waals surface area (Å²) in [5, 5.41) is 11.9. The van der Waals surface area contributed by atoms with Crippen molar-refractivity contribution in [1.29, 1.82) is 0 Å². The van der Waals surface area contributed by atoms with E-state index in [1.165, 1.54) is 11.1 Å². The van der Waals surface area contributed by atoms with Crippen LogP contribution in [0, 0.1) is 6.92 Å². The lowest BCUT2D eigenvalue weighted by atomic mass is 10.0. The van der Waals surface area contributed by atoms with Gasteiger partial charge in [0.1, 0.15) is 0 Å². The maximum absolute atomic E-state index is 8.54. The van der Waals surface area contributed by atoms with Crippen LogP contribution in [0.15, 0.2) is 24.3 Å². The topological polar surface area (TPSA) is 41.5 Å². The fourth-order valence-corrected chi connectivity index (χ4v) is 1.70. The van der Waals surface area contributed by atoms with Crippen molar-refractivity contribution >= 4 is 0 Å². The molecule has 3 heteroatoms. The van der Waals surface area contributed by atoms with E-state index >= 15 is 0 Å². The maximum Gasteiger partial charge on any atom is 0.0698 e. The van der Waals surface area contributed by atoms with Gasteiger partial charge in [-0.3, -0.25) is 0 Å². The van der Waals surface area contributed by atoms with E-state index in [0.29, 0.717) is 19.3 Å². The molecule has 2 N–H and O–H groups in total. The second-order valence-corrected chi connectivity index (χ2v) is 3.87. The second kappa shape index (κ2) is 7.39. The van der Waals surface area contributed by atoms with Gasteiger partial charge in [-0.2, -0.15) is 0 Å². The van der Waals surface area contributed by atoms with Crippen LogP contribution in [0.1, 0.15) is 24.1 Å². The molecule has 0 saturated heterocycles. The van der Waals surface area contributed by atoms with Crippen molar-refractivity contribution in [3.05, 3.63) is 35.4 Å². The Morgan fingerprint density at radius 1 is 1.31 bits per heavy atom. The molecule has 0 radical (unpaired) electrons. The van der Waals surface area contributed by atoms with Gasteiger partial charge in [-0.15, -0.1) is 0 Å². The molecule has 0 aromatic heterocycles. The zero-order valence-corrected chi connectivity index (χ0v) is 10.1. The summed E-state index contributed by atoms with van der Waals surface area (Å²) in [6.45, 7) is 6.21. The van der Waals surface area contributed by atoms with E-state index < -0.39 is 0 Å². The van der Waals surface area contributed by atoms with Crippen molar-refractivity contribution in [3.8, 4) is 0 Å². The van der Waals surface area contributed by atoms with Gasteiger partial charge in [-0.1, -0.05) is 24.3 Å². The fourth-order valence-electron chi connectivity index (χ4n) is 1.70. The first-order chi connectivity index (χ1) is 7.75. The maximum atomic E-state index is 8.54. The van der Waals surface area contributed by atoms with E-state index in [9.17, 15) is 0 Å². The van der Waals surface area contributed by atoms with Gasteiger partial charge >= 0.3 is 0 Å². The van der Waals surface area contributed by atoms with Crippen molar-refractivity contribution in [2.24, 2.45) is 0 Å². The van der Waals surface area contributed by atoms with Crippen LogP contribution in [-0.4, -0.2) is 31.5 Å². The van der Waals surface area contributed by atoms with Gasteiger partial charge in [-0.25, -0.2) is 0 Å². The molecule has 0 fully saturated rings. The lowest BCUT2D eigenvalue weighted by molar-refractivity contribution is 0.0928. The molecule has 16 heavy (non-hydrogen) atoms. The number of nitrogens with one attached hydrogen (secondary N) is 1. The normalized spacial score (nSPS) is 12.7. The molecule has 3 nitrogen and oxygen atoms in total. The first kappa shape index (κ1) is 13.2. The van der Waals surface area contributed by atoms with Crippen LogP contribution in [0.2, 0.25) is 0 Å². The van der Waals surface area contributed by atoms with E-state index in [-0.39, 0.29) is 6.61 Å². The smallest absolute Gasteiger partial charge is 0.0698 e. The first-order valence-corrected chi connectivity index (χ1v) is 5.73. The summed E-state index contributed by atoms with van der Waals surface area (Å²) in [4.78, 5) is 0. The molecule has 0 aliphatic rings. The number of aryl methyl sites for hydroxylation is 1. The highest BCUT2D eigenvalue weighted by molar-refractivity contribution is 5.28. The van der Waals surface area contributed by atoms with Gasteiger partial charge in [0.05, 0.1) is 19.8 Å². The van der Waals surface area contributed by atoms with E-state index in [0.717, 1.165) is 6.54 Å². The molecule has 0 aliphatic carbocycles. The van der Waals surface area contributed by atoms with E-state index in [1.807, 2.05) is 0 Å². The standard InChI is InChI=1S/C13H21NO2/c1-11-5-3-4-6-13(11)12(2)14-7-9-16-10-8-15/h3-6,12,14-15H,7-10H2,1-2H3/t12-/m1/s1. The van der Waals surface area contributed by atoms with E-state index in [2.05, 4.69) is 43.4 Å². The van der Waals surface area contributed by atoms with Crippen LogP contribution in [0.3, 0.4) is 0 Å². The Labute approximate surface area is 97.4 Å². The first-order valence-electron chi connectivity index (χ1n) is 5.73. The Morgan fingerprint density at radius 3 is 2.75 bits per heavy atom. The van der Waals surface area contributed by atoms with Crippen molar-refractivity contribution in [3.63, 3.8) is 0 Å². The molecule has 1 aromatic carbocycles. The molecule has 1 atom stereocenters. The Hall–Kier alpha value is -0.900. The van der Waals surface area contributed by atoms with E-state index in [4.69, 9.17) is 9.84 Å². The van der Waals surface area contributed by atoms with Crippen LogP contribution in [0.5, 0.6) is 0 Å². The van der Waals surface area contributed by atoms with Crippen LogP contribution in [0.25, 0.3) is 0 Å². The number of rotatable bonds is 7. The van der Waals surface area contributed by atoms with Crippen molar-refractivity contribution in [2.45, 2.75) is 19.9 Å². The average molecular weight is 223 g/mol. The number of hydrogen-bond donors (Lipinski definition) is 2. The lowest BCUT2D eigenvalue weighted by Crippen LogP contribution is -2.24. The Balaban J connectivity index is 2.30. The summed E-state index contributed by atoms with van der Waals surface area (Å²) < 4.78 is 5.19. The molecule has 0 saturated carbocycles. The molecular weight excluding hydrogens is 202 g/mol.